The number of hydrogen-bond acceptors (Lipinski definition) is 3. The molecule has 3 aromatic rings. The van der Waals surface area contributed by atoms with E-state index in [0.29, 0.717) is 13.0 Å². The average Bonchev–Trinajstić information content (AvgIpc) is 2.61. The summed E-state index contributed by atoms with van der Waals surface area (Å²) in [6.45, 7) is 2.14. The molecule has 0 bridgehead atoms. The monoisotopic (exact) mass is 319 g/mol. The summed E-state index contributed by atoms with van der Waals surface area (Å²) in [5.41, 5.74) is 8.73. The van der Waals surface area contributed by atoms with E-state index in [4.69, 9.17) is 5.73 Å². The molecule has 2 aromatic carbocycles. The predicted octanol–water partition coefficient (Wildman–Crippen LogP) is 3.11. The largest absolute Gasteiger partial charge is 0.370 e. The topological polar surface area (TPSA) is 59.2 Å². The Morgan fingerprint density at radius 1 is 0.958 bits per heavy atom. The van der Waals surface area contributed by atoms with Gasteiger partial charge in [-0.3, -0.25) is 14.7 Å². The van der Waals surface area contributed by atoms with Crippen molar-refractivity contribution in [2.75, 3.05) is 6.54 Å². The Kier molecular flexibility index (Phi) is 5.18. The van der Waals surface area contributed by atoms with Gasteiger partial charge in [0.25, 0.3) is 0 Å². The number of nitrogens with two attached hydrogens (primary N) is 1. The lowest BCUT2D eigenvalue weighted by Gasteiger charge is -2.22. The van der Waals surface area contributed by atoms with Gasteiger partial charge in [-0.05, 0) is 17.2 Å². The summed E-state index contributed by atoms with van der Waals surface area (Å²) in [6, 6.07) is 20.5. The van der Waals surface area contributed by atoms with E-state index in [-0.39, 0.29) is 5.91 Å². The minimum absolute atomic E-state index is 0.274. The highest BCUT2D eigenvalue weighted by molar-refractivity contribution is 5.81. The first kappa shape index (κ1) is 16.1. The number of nitrogens with zero attached hydrogens (tertiary/aromatic N) is 2. The van der Waals surface area contributed by atoms with Gasteiger partial charge < -0.3 is 5.73 Å². The molecule has 0 saturated carbocycles. The fraction of sp³-hybridized carbons (Fsp3) is 0.200. The number of carbonyl (C=O) groups is 1. The van der Waals surface area contributed by atoms with Crippen molar-refractivity contribution in [3.05, 3.63) is 78.0 Å². The maximum absolute atomic E-state index is 11.2. The Morgan fingerprint density at radius 3 is 2.54 bits per heavy atom. The van der Waals surface area contributed by atoms with Gasteiger partial charge in [-0.1, -0.05) is 54.6 Å². The SMILES string of the molecule is NC(=O)CCN(Cc1ccccc1)Cc1cccc2cccnc12. The quantitative estimate of drug-likeness (QED) is 0.728. The van der Waals surface area contributed by atoms with Crippen molar-refractivity contribution >= 4 is 16.8 Å². The number of primary amides is 1. The van der Waals surface area contributed by atoms with Crippen molar-refractivity contribution < 1.29 is 4.79 Å². The number of hydrogen-bond donors (Lipinski definition) is 1. The van der Waals surface area contributed by atoms with Crippen LogP contribution in [0.25, 0.3) is 10.9 Å². The van der Waals surface area contributed by atoms with Gasteiger partial charge in [-0.15, -0.1) is 0 Å². The molecule has 1 heterocycles. The zero-order valence-corrected chi connectivity index (χ0v) is 13.6. The molecule has 1 aromatic heterocycles. The van der Waals surface area contributed by atoms with Crippen LogP contribution >= 0.6 is 0 Å². The summed E-state index contributed by atoms with van der Waals surface area (Å²) in [5.74, 6) is -0.274. The number of rotatable bonds is 7. The zero-order valence-electron chi connectivity index (χ0n) is 13.6. The summed E-state index contributed by atoms with van der Waals surface area (Å²) in [5, 5.41) is 1.13. The first-order valence-corrected chi connectivity index (χ1v) is 8.09. The zero-order chi connectivity index (χ0) is 16.8. The second kappa shape index (κ2) is 7.70. The summed E-state index contributed by atoms with van der Waals surface area (Å²) >= 11 is 0. The molecule has 24 heavy (non-hydrogen) atoms. The molecule has 0 aliphatic heterocycles. The fourth-order valence-corrected chi connectivity index (χ4v) is 2.86. The van der Waals surface area contributed by atoms with Crippen molar-refractivity contribution in [1.82, 2.24) is 9.88 Å². The minimum atomic E-state index is -0.274. The summed E-state index contributed by atoms with van der Waals surface area (Å²) in [6.07, 6.45) is 2.17. The first-order valence-electron chi connectivity index (χ1n) is 8.09. The molecule has 1 amide bonds. The van der Waals surface area contributed by atoms with Gasteiger partial charge in [0.05, 0.1) is 5.52 Å². The van der Waals surface area contributed by atoms with Crippen LogP contribution in [0.15, 0.2) is 66.9 Å². The highest BCUT2D eigenvalue weighted by Crippen LogP contribution is 2.19. The Bertz CT molecular complexity index is 812. The van der Waals surface area contributed by atoms with E-state index in [9.17, 15) is 4.79 Å². The van der Waals surface area contributed by atoms with Crippen molar-refractivity contribution in [3.8, 4) is 0 Å². The molecule has 0 atom stereocenters. The molecule has 0 aliphatic carbocycles. The number of pyridine rings is 1. The summed E-state index contributed by atoms with van der Waals surface area (Å²) in [7, 11) is 0. The lowest BCUT2D eigenvalue weighted by molar-refractivity contribution is -0.118. The Hall–Kier alpha value is -2.72. The van der Waals surface area contributed by atoms with E-state index in [0.717, 1.165) is 29.6 Å². The number of carbonyl (C=O) groups excluding carboxylic acids is 1. The first-order chi connectivity index (χ1) is 11.7. The van der Waals surface area contributed by atoms with Crippen molar-refractivity contribution in [3.63, 3.8) is 0 Å². The third-order valence-corrected chi connectivity index (χ3v) is 4.03. The van der Waals surface area contributed by atoms with Gasteiger partial charge in [0.15, 0.2) is 0 Å². The highest BCUT2D eigenvalue weighted by atomic mass is 16.1. The normalized spacial score (nSPS) is 11.0. The molecule has 0 spiro atoms. The summed E-state index contributed by atoms with van der Waals surface area (Å²) < 4.78 is 0. The molecule has 0 aliphatic rings. The second-order valence-electron chi connectivity index (χ2n) is 5.90. The number of amides is 1. The Labute approximate surface area is 141 Å². The van der Waals surface area contributed by atoms with E-state index in [1.807, 2.05) is 36.5 Å². The van der Waals surface area contributed by atoms with Crippen LogP contribution in [0, 0.1) is 0 Å². The van der Waals surface area contributed by atoms with Gasteiger partial charge in [0, 0.05) is 37.6 Å². The van der Waals surface area contributed by atoms with E-state index in [1.54, 1.807) is 0 Å². The third-order valence-electron chi connectivity index (χ3n) is 4.03. The van der Waals surface area contributed by atoms with E-state index >= 15 is 0 Å². The lowest BCUT2D eigenvalue weighted by Crippen LogP contribution is -2.27. The van der Waals surface area contributed by atoms with Crippen LogP contribution in [0.2, 0.25) is 0 Å². The molecule has 0 unspecified atom stereocenters. The predicted molar refractivity (Wildman–Crippen MR) is 96.1 cm³/mol. The van der Waals surface area contributed by atoms with Gasteiger partial charge in [-0.25, -0.2) is 0 Å². The van der Waals surface area contributed by atoms with E-state index < -0.39 is 0 Å². The van der Waals surface area contributed by atoms with Crippen molar-refractivity contribution in [2.45, 2.75) is 19.5 Å². The number of fused-ring (bicyclic) bond motifs is 1. The fourth-order valence-electron chi connectivity index (χ4n) is 2.86. The smallest absolute Gasteiger partial charge is 0.218 e. The van der Waals surface area contributed by atoms with Crippen LogP contribution < -0.4 is 5.73 Å². The molecule has 0 saturated heterocycles. The molecule has 3 rings (SSSR count). The van der Waals surface area contributed by atoms with Gasteiger partial charge in [0.2, 0.25) is 5.91 Å². The highest BCUT2D eigenvalue weighted by Gasteiger charge is 2.11. The average molecular weight is 319 g/mol. The van der Waals surface area contributed by atoms with Crippen LogP contribution in [-0.4, -0.2) is 22.3 Å². The number of aromatic nitrogens is 1. The maximum atomic E-state index is 11.2. The maximum Gasteiger partial charge on any atom is 0.218 e. The Morgan fingerprint density at radius 2 is 1.75 bits per heavy atom. The second-order valence-corrected chi connectivity index (χ2v) is 5.90. The van der Waals surface area contributed by atoms with Crippen molar-refractivity contribution in [2.24, 2.45) is 5.73 Å². The summed E-state index contributed by atoms with van der Waals surface area (Å²) in [4.78, 5) is 18.0. The number of benzene rings is 2. The Balaban J connectivity index is 1.83. The molecule has 2 N–H and O–H groups in total. The molecular weight excluding hydrogens is 298 g/mol. The lowest BCUT2D eigenvalue weighted by atomic mass is 10.1. The third kappa shape index (κ3) is 4.18. The van der Waals surface area contributed by atoms with Crippen LogP contribution in [0.4, 0.5) is 0 Å². The number of para-hydroxylation sites is 1. The molecule has 0 radical (unpaired) electrons. The minimum Gasteiger partial charge on any atom is -0.370 e. The molecule has 0 fully saturated rings. The van der Waals surface area contributed by atoms with Crippen molar-refractivity contribution in [1.29, 1.82) is 0 Å². The van der Waals surface area contributed by atoms with E-state index in [1.165, 1.54) is 5.56 Å². The molecule has 4 heteroatoms. The van der Waals surface area contributed by atoms with Crippen LogP contribution in [0.5, 0.6) is 0 Å². The van der Waals surface area contributed by atoms with Crippen LogP contribution in [-0.2, 0) is 17.9 Å². The van der Waals surface area contributed by atoms with Gasteiger partial charge in [-0.2, -0.15) is 0 Å². The standard InChI is InChI=1S/C20H21N3O/c21-19(24)11-13-23(14-16-6-2-1-3-7-16)15-18-9-4-8-17-10-5-12-22-20(17)18/h1-10,12H,11,13-15H2,(H2,21,24). The van der Waals surface area contributed by atoms with Crippen LogP contribution in [0.3, 0.4) is 0 Å². The molecular formula is C20H21N3O. The van der Waals surface area contributed by atoms with Crippen LogP contribution in [0.1, 0.15) is 17.5 Å². The molecule has 4 nitrogen and oxygen atoms in total. The molecule has 122 valence electrons. The van der Waals surface area contributed by atoms with Gasteiger partial charge >= 0.3 is 0 Å². The van der Waals surface area contributed by atoms with Gasteiger partial charge in [0.1, 0.15) is 0 Å². The van der Waals surface area contributed by atoms with E-state index in [2.05, 4.69) is 40.2 Å².